The number of halogens is 1. The van der Waals surface area contributed by atoms with Gasteiger partial charge in [-0.1, -0.05) is 16.7 Å². The van der Waals surface area contributed by atoms with Crippen molar-refractivity contribution in [2.45, 2.75) is 0 Å². The van der Waals surface area contributed by atoms with Gasteiger partial charge >= 0.3 is 0 Å². The van der Waals surface area contributed by atoms with Gasteiger partial charge < -0.3 is 0 Å². The first-order valence-corrected chi connectivity index (χ1v) is 3.31. The van der Waals surface area contributed by atoms with Gasteiger partial charge in [0.1, 0.15) is 5.02 Å². The van der Waals surface area contributed by atoms with E-state index in [9.17, 15) is 4.79 Å². The quantitative estimate of drug-likeness (QED) is 0.376. The predicted octanol–water partition coefficient (Wildman–Crippen LogP) is 1.38. The lowest BCUT2D eigenvalue weighted by Gasteiger charge is -1.97. The summed E-state index contributed by atoms with van der Waals surface area (Å²) < 4.78 is 1.05. The Balaban J connectivity index is 3.46. The average molecular weight is 186 g/mol. The van der Waals surface area contributed by atoms with E-state index in [0.29, 0.717) is 0 Å². The van der Waals surface area contributed by atoms with Gasteiger partial charge in [0.2, 0.25) is 0 Å². The number of aryl methyl sites for hydroxylation is 1. The Hall–Kier alpha value is -1.52. The molecule has 0 N–H and O–H groups in total. The molecule has 0 fully saturated rings. The molecule has 1 rings (SSSR count). The van der Waals surface area contributed by atoms with Crippen LogP contribution in [0.1, 0.15) is 0 Å². The number of nitrogens with zero attached hydrogens (tertiary/aromatic N) is 5. The predicted molar refractivity (Wildman–Crippen MR) is 43.3 cm³/mol. The number of azide groups is 1. The summed E-state index contributed by atoms with van der Waals surface area (Å²) in [5.41, 5.74) is 7.63. The molecule has 0 aliphatic carbocycles. The van der Waals surface area contributed by atoms with Gasteiger partial charge in [0.05, 0.1) is 11.9 Å². The van der Waals surface area contributed by atoms with Crippen LogP contribution in [0.15, 0.2) is 16.1 Å². The summed E-state index contributed by atoms with van der Waals surface area (Å²) >= 11 is 5.54. The summed E-state index contributed by atoms with van der Waals surface area (Å²) in [7, 11) is 1.45. The van der Waals surface area contributed by atoms with Gasteiger partial charge in [0.15, 0.2) is 0 Å². The highest BCUT2D eigenvalue weighted by molar-refractivity contribution is 6.32. The van der Waals surface area contributed by atoms with Crippen LogP contribution in [-0.2, 0) is 7.05 Å². The van der Waals surface area contributed by atoms with Crippen molar-refractivity contribution < 1.29 is 0 Å². The van der Waals surface area contributed by atoms with Gasteiger partial charge in [-0.2, -0.15) is 5.10 Å². The van der Waals surface area contributed by atoms with E-state index < -0.39 is 5.56 Å². The van der Waals surface area contributed by atoms with Crippen molar-refractivity contribution in [1.29, 1.82) is 0 Å². The van der Waals surface area contributed by atoms with Crippen molar-refractivity contribution in [2.75, 3.05) is 0 Å². The first-order valence-electron chi connectivity index (χ1n) is 2.93. The first kappa shape index (κ1) is 8.58. The van der Waals surface area contributed by atoms with Crippen molar-refractivity contribution in [3.8, 4) is 0 Å². The highest BCUT2D eigenvalue weighted by Gasteiger charge is 2.04. The number of rotatable bonds is 1. The highest BCUT2D eigenvalue weighted by Crippen LogP contribution is 2.18. The zero-order valence-corrected chi connectivity index (χ0v) is 6.86. The Morgan fingerprint density at radius 1 is 1.83 bits per heavy atom. The smallest absolute Gasteiger partial charge is 0.266 e. The second-order valence-corrected chi connectivity index (χ2v) is 2.34. The Kier molecular flexibility index (Phi) is 2.32. The van der Waals surface area contributed by atoms with E-state index in [2.05, 4.69) is 15.1 Å². The maximum absolute atomic E-state index is 11.0. The van der Waals surface area contributed by atoms with Crippen molar-refractivity contribution >= 4 is 17.3 Å². The molecule has 12 heavy (non-hydrogen) atoms. The minimum atomic E-state index is -0.485. The van der Waals surface area contributed by atoms with E-state index in [1.165, 1.54) is 13.2 Å². The average Bonchev–Trinajstić information content (AvgIpc) is 2.07. The lowest BCUT2D eigenvalue weighted by atomic mass is 10.5. The third-order valence-electron chi connectivity index (χ3n) is 1.21. The Morgan fingerprint density at radius 3 is 3.08 bits per heavy atom. The highest BCUT2D eigenvalue weighted by atomic mass is 35.5. The van der Waals surface area contributed by atoms with E-state index in [-0.39, 0.29) is 10.7 Å². The molecule has 7 heteroatoms. The molecule has 0 aliphatic rings. The largest absolute Gasteiger partial charge is 0.285 e. The molecular weight excluding hydrogens is 182 g/mol. The summed E-state index contributed by atoms with van der Waals surface area (Å²) in [5, 5.41) is 6.67. The van der Waals surface area contributed by atoms with Crippen LogP contribution in [0.5, 0.6) is 0 Å². The number of aromatic nitrogens is 2. The number of hydrogen-bond acceptors (Lipinski definition) is 3. The Morgan fingerprint density at radius 2 is 2.50 bits per heavy atom. The molecule has 0 bridgehead atoms. The molecule has 1 heterocycles. The third kappa shape index (κ3) is 1.39. The van der Waals surface area contributed by atoms with Crippen LogP contribution in [0.4, 0.5) is 5.69 Å². The second kappa shape index (κ2) is 3.25. The normalized spacial score (nSPS) is 9.17. The van der Waals surface area contributed by atoms with E-state index >= 15 is 0 Å². The lowest BCUT2D eigenvalue weighted by molar-refractivity contribution is 0.708. The zero-order chi connectivity index (χ0) is 9.14. The topological polar surface area (TPSA) is 83.7 Å². The SMILES string of the molecule is Cn1ncc(N=[N+]=[N-])c(Cl)c1=O. The fourth-order valence-electron chi connectivity index (χ4n) is 0.620. The molecule has 0 atom stereocenters. The van der Waals surface area contributed by atoms with Gasteiger partial charge in [-0.25, -0.2) is 4.68 Å². The molecule has 0 saturated carbocycles. The molecule has 1 aromatic rings. The second-order valence-electron chi connectivity index (χ2n) is 1.96. The maximum atomic E-state index is 11.0. The standard InChI is InChI=1S/C5H4ClN5O/c1-11-5(12)4(6)3(2-8-11)9-10-7/h2H,1H3. The maximum Gasteiger partial charge on any atom is 0.285 e. The van der Waals surface area contributed by atoms with E-state index in [1.54, 1.807) is 0 Å². The first-order chi connectivity index (χ1) is 5.66. The minimum absolute atomic E-state index is 0.0438. The summed E-state index contributed by atoms with van der Waals surface area (Å²) in [5.74, 6) is 0. The zero-order valence-electron chi connectivity index (χ0n) is 6.10. The van der Waals surface area contributed by atoms with Crippen molar-refractivity contribution in [3.63, 3.8) is 0 Å². The molecule has 6 nitrogen and oxygen atoms in total. The van der Waals surface area contributed by atoms with E-state index in [1.807, 2.05) is 0 Å². The van der Waals surface area contributed by atoms with Crippen molar-refractivity contribution in [1.82, 2.24) is 9.78 Å². The van der Waals surface area contributed by atoms with E-state index in [0.717, 1.165) is 4.68 Å². The molecule has 0 aliphatic heterocycles. The molecular formula is C5H4ClN5O. The van der Waals surface area contributed by atoms with Crippen LogP contribution in [0.2, 0.25) is 5.02 Å². The van der Waals surface area contributed by atoms with Crippen molar-refractivity contribution in [3.05, 3.63) is 32.0 Å². The fraction of sp³-hybridized carbons (Fsp3) is 0.200. The summed E-state index contributed by atoms with van der Waals surface area (Å²) in [4.78, 5) is 13.5. The molecule has 0 unspecified atom stereocenters. The molecule has 1 aromatic heterocycles. The van der Waals surface area contributed by atoms with Crippen molar-refractivity contribution in [2.24, 2.45) is 12.2 Å². The van der Waals surface area contributed by atoms with Gasteiger partial charge in [0.25, 0.3) is 5.56 Å². The van der Waals surface area contributed by atoms with Gasteiger partial charge in [0, 0.05) is 12.0 Å². The van der Waals surface area contributed by atoms with Gasteiger partial charge in [-0.3, -0.25) is 4.79 Å². The Labute approximate surface area is 72.0 Å². The summed E-state index contributed by atoms with van der Waals surface area (Å²) in [6, 6.07) is 0. The molecule has 0 spiro atoms. The van der Waals surface area contributed by atoms with Crippen LogP contribution in [-0.4, -0.2) is 9.78 Å². The molecule has 0 amide bonds. The molecule has 62 valence electrons. The van der Waals surface area contributed by atoms with Crippen LogP contribution >= 0.6 is 11.6 Å². The number of hydrogen-bond donors (Lipinski definition) is 0. The fourth-order valence-corrected chi connectivity index (χ4v) is 0.829. The van der Waals surface area contributed by atoms with Crippen LogP contribution in [0.25, 0.3) is 10.4 Å². The van der Waals surface area contributed by atoms with E-state index in [4.69, 9.17) is 17.1 Å². The lowest BCUT2D eigenvalue weighted by Crippen LogP contribution is -2.18. The molecule has 0 saturated heterocycles. The molecule has 0 radical (unpaired) electrons. The van der Waals surface area contributed by atoms with Crippen LogP contribution in [0, 0.1) is 0 Å². The van der Waals surface area contributed by atoms with Gasteiger partial charge in [-0.05, 0) is 5.53 Å². The minimum Gasteiger partial charge on any atom is -0.266 e. The van der Waals surface area contributed by atoms with Crippen LogP contribution in [0.3, 0.4) is 0 Å². The summed E-state index contributed by atoms with van der Waals surface area (Å²) in [6.45, 7) is 0. The third-order valence-corrected chi connectivity index (χ3v) is 1.57. The van der Waals surface area contributed by atoms with Crippen LogP contribution < -0.4 is 5.56 Å². The summed E-state index contributed by atoms with van der Waals surface area (Å²) in [6.07, 6.45) is 1.23. The Bertz CT molecular complexity index is 405. The van der Waals surface area contributed by atoms with Gasteiger partial charge in [-0.15, -0.1) is 0 Å². The molecule has 0 aromatic carbocycles. The monoisotopic (exact) mass is 185 g/mol.